The van der Waals surface area contributed by atoms with Gasteiger partial charge in [0.25, 0.3) is 5.91 Å². The summed E-state index contributed by atoms with van der Waals surface area (Å²) in [6.45, 7) is 3.57. The summed E-state index contributed by atoms with van der Waals surface area (Å²) in [4.78, 5) is 12.0. The molecule has 1 amide bonds. The summed E-state index contributed by atoms with van der Waals surface area (Å²) in [5.41, 5.74) is 1.89. The fourth-order valence-corrected chi connectivity index (χ4v) is 1.84. The molecule has 3 heteroatoms. The van der Waals surface area contributed by atoms with E-state index in [4.69, 9.17) is 0 Å². The maximum atomic E-state index is 13.4. The van der Waals surface area contributed by atoms with Crippen molar-refractivity contribution in [3.63, 3.8) is 0 Å². The number of carbonyl (C=O) groups excluding carboxylic acids is 1. The monoisotopic (exact) mass is 257 g/mol. The van der Waals surface area contributed by atoms with Gasteiger partial charge in [0.1, 0.15) is 5.82 Å². The van der Waals surface area contributed by atoms with Gasteiger partial charge in [0.15, 0.2) is 0 Å². The van der Waals surface area contributed by atoms with Gasteiger partial charge in [-0.2, -0.15) is 0 Å². The maximum absolute atomic E-state index is 13.4. The van der Waals surface area contributed by atoms with Crippen molar-refractivity contribution < 1.29 is 9.18 Å². The molecule has 0 heterocycles. The lowest BCUT2D eigenvalue weighted by atomic mass is 10.1. The number of amides is 1. The zero-order valence-corrected chi connectivity index (χ0v) is 11.0. The summed E-state index contributed by atoms with van der Waals surface area (Å²) in [6, 6.07) is 14.0. The van der Waals surface area contributed by atoms with E-state index in [2.05, 4.69) is 5.32 Å². The number of hydrogen-bond donors (Lipinski definition) is 1. The summed E-state index contributed by atoms with van der Waals surface area (Å²) in [5, 5.41) is 2.85. The van der Waals surface area contributed by atoms with Crippen LogP contribution in [0.4, 0.5) is 4.39 Å². The second-order valence-corrected chi connectivity index (χ2v) is 4.57. The van der Waals surface area contributed by atoms with E-state index in [1.54, 1.807) is 19.1 Å². The van der Waals surface area contributed by atoms with Gasteiger partial charge in [0, 0.05) is 5.56 Å². The van der Waals surface area contributed by atoms with Gasteiger partial charge in [-0.25, -0.2) is 4.39 Å². The van der Waals surface area contributed by atoms with E-state index in [-0.39, 0.29) is 17.8 Å². The Morgan fingerprint density at radius 2 is 1.84 bits per heavy atom. The Morgan fingerprint density at radius 1 is 1.16 bits per heavy atom. The van der Waals surface area contributed by atoms with Crippen molar-refractivity contribution in [1.29, 1.82) is 0 Å². The molecule has 0 fully saturated rings. The zero-order chi connectivity index (χ0) is 13.8. The molecular weight excluding hydrogens is 241 g/mol. The Labute approximate surface area is 112 Å². The number of carbonyl (C=O) groups is 1. The van der Waals surface area contributed by atoms with Crippen molar-refractivity contribution >= 4 is 5.91 Å². The molecule has 0 saturated heterocycles. The van der Waals surface area contributed by atoms with Gasteiger partial charge < -0.3 is 5.32 Å². The summed E-state index contributed by atoms with van der Waals surface area (Å²) >= 11 is 0. The molecule has 1 unspecified atom stereocenters. The van der Waals surface area contributed by atoms with Crippen molar-refractivity contribution in [2.45, 2.75) is 19.9 Å². The fraction of sp³-hybridized carbons (Fsp3) is 0.188. The van der Waals surface area contributed by atoms with Crippen LogP contribution in [0.2, 0.25) is 0 Å². The third kappa shape index (κ3) is 3.19. The number of hydrogen-bond acceptors (Lipinski definition) is 1. The highest BCUT2D eigenvalue weighted by molar-refractivity contribution is 5.94. The second kappa shape index (κ2) is 5.65. The topological polar surface area (TPSA) is 29.1 Å². The molecule has 2 rings (SSSR count). The number of aryl methyl sites for hydroxylation is 1. The number of benzene rings is 2. The first-order chi connectivity index (χ1) is 9.08. The lowest BCUT2D eigenvalue weighted by Gasteiger charge is -2.14. The van der Waals surface area contributed by atoms with Crippen molar-refractivity contribution in [1.82, 2.24) is 5.32 Å². The van der Waals surface area contributed by atoms with Gasteiger partial charge in [0.2, 0.25) is 0 Å². The fourth-order valence-electron chi connectivity index (χ4n) is 1.84. The number of nitrogens with one attached hydrogen (secondary N) is 1. The molecule has 0 radical (unpaired) electrons. The molecule has 0 saturated carbocycles. The first kappa shape index (κ1) is 13.3. The van der Waals surface area contributed by atoms with Gasteiger partial charge in [-0.1, -0.05) is 36.4 Å². The van der Waals surface area contributed by atoms with Crippen LogP contribution < -0.4 is 5.32 Å². The van der Waals surface area contributed by atoms with Crippen LogP contribution in [0.1, 0.15) is 34.5 Å². The molecule has 2 aromatic rings. The quantitative estimate of drug-likeness (QED) is 0.893. The van der Waals surface area contributed by atoms with Gasteiger partial charge in [0.05, 0.1) is 6.04 Å². The molecule has 2 aromatic carbocycles. The Kier molecular flexibility index (Phi) is 3.95. The smallest absolute Gasteiger partial charge is 0.251 e. The van der Waals surface area contributed by atoms with Crippen LogP contribution in [0.15, 0.2) is 48.5 Å². The van der Waals surface area contributed by atoms with Crippen LogP contribution in [0, 0.1) is 12.7 Å². The Morgan fingerprint density at radius 3 is 2.47 bits per heavy atom. The van der Waals surface area contributed by atoms with E-state index in [0.717, 1.165) is 5.56 Å². The van der Waals surface area contributed by atoms with E-state index < -0.39 is 0 Å². The van der Waals surface area contributed by atoms with Gasteiger partial charge in [-0.3, -0.25) is 4.79 Å². The van der Waals surface area contributed by atoms with Crippen LogP contribution in [0.3, 0.4) is 0 Å². The first-order valence-corrected chi connectivity index (χ1v) is 6.20. The highest BCUT2D eigenvalue weighted by atomic mass is 19.1. The standard InChI is InChI=1S/C16H16FNO/c1-11-8-9-14(10-15(11)17)16(19)18-12(2)13-6-4-3-5-7-13/h3-10,12H,1-2H3,(H,18,19). The van der Waals surface area contributed by atoms with E-state index in [9.17, 15) is 9.18 Å². The first-order valence-electron chi connectivity index (χ1n) is 6.20. The normalized spacial score (nSPS) is 11.9. The molecule has 0 spiro atoms. The van der Waals surface area contributed by atoms with E-state index in [1.807, 2.05) is 37.3 Å². The molecule has 0 aliphatic heterocycles. The summed E-state index contributed by atoms with van der Waals surface area (Å²) in [6.07, 6.45) is 0. The molecule has 0 aliphatic carbocycles. The van der Waals surface area contributed by atoms with Crippen LogP contribution in [-0.2, 0) is 0 Å². The van der Waals surface area contributed by atoms with Crippen molar-refractivity contribution in [2.75, 3.05) is 0 Å². The average Bonchev–Trinajstić information content (AvgIpc) is 2.42. The number of rotatable bonds is 3. The van der Waals surface area contributed by atoms with E-state index in [1.165, 1.54) is 6.07 Å². The predicted octanol–water partition coefficient (Wildman–Crippen LogP) is 3.63. The number of halogens is 1. The highest BCUT2D eigenvalue weighted by Gasteiger charge is 2.12. The summed E-state index contributed by atoms with van der Waals surface area (Å²) < 4.78 is 13.4. The molecular formula is C16H16FNO. The maximum Gasteiger partial charge on any atom is 0.251 e. The lowest BCUT2D eigenvalue weighted by molar-refractivity contribution is 0.0939. The molecule has 19 heavy (non-hydrogen) atoms. The summed E-state index contributed by atoms with van der Waals surface area (Å²) in [5.74, 6) is -0.629. The summed E-state index contributed by atoms with van der Waals surface area (Å²) in [7, 11) is 0. The Bertz CT molecular complexity index is 581. The zero-order valence-electron chi connectivity index (χ0n) is 11.0. The molecule has 98 valence electrons. The molecule has 0 bridgehead atoms. The lowest BCUT2D eigenvalue weighted by Crippen LogP contribution is -2.26. The van der Waals surface area contributed by atoms with Crippen LogP contribution in [0.5, 0.6) is 0 Å². The molecule has 0 aliphatic rings. The van der Waals surface area contributed by atoms with E-state index in [0.29, 0.717) is 11.1 Å². The Hall–Kier alpha value is -2.16. The molecule has 1 N–H and O–H groups in total. The predicted molar refractivity (Wildman–Crippen MR) is 73.5 cm³/mol. The third-order valence-electron chi connectivity index (χ3n) is 3.08. The van der Waals surface area contributed by atoms with Crippen LogP contribution >= 0.6 is 0 Å². The highest BCUT2D eigenvalue weighted by Crippen LogP contribution is 2.14. The van der Waals surface area contributed by atoms with Crippen molar-refractivity contribution in [2.24, 2.45) is 0 Å². The van der Waals surface area contributed by atoms with Crippen LogP contribution in [0.25, 0.3) is 0 Å². The van der Waals surface area contributed by atoms with Gasteiger partial charge >= 0.3 is 0 Å². The minimum Gasteiger partial charge on any atom is -0.346 e. The SMILES string of the molecule is Cc1ccc(C(=O)NC(C)c2ccccc2)cc1F. The average molecular weight is 257 g/mol. The minimum atomic E-state index is -0.361. The van der Waals surface area contributed by atoms with Gasteiger partial charge in [-0.15, -0.1) is 0 Å². The Balaban J connectivity index is 2.11. The largest absolute Gasteiger partial charge is 0.346 e. The molecule has 0 aromatic heterocycles. The second-order valence-electron chi connectivity index (χ2n) is 4.57. The minimum absolute atomic E-state index is 0.113. The van der Waals surface area contributed by atoms with Crippen LogP contribution in [-0.4, -0.2) is 5.91 Å². The van der Waals surface area contributed by atoms with Crippen molar-refractivity contribution in [3.8, 4) is 0 Å². The molecule has 1 atom stereocenters. The van der Waals surface area contributed by atoms with Gasteiger partial charge in [-0.05, 0) is 37.1 Å². The van der Waals surface area contributed by atoms with Crippen molar-refractivity contribution in [3.05, 3.63) is 71.0 Å². The van der Waals surface area contributed by atoms with E-state index >= 15 is 0 Å². The third-order valence-corrected chi connectivity index (χ3v) is 3.08. The molecule has 2 nitrogen and oxygen atoms in total.